The minimum absolute atomic E-state index is 0.000307. The van der Waals surface area contributed by atoms with E-state index < -0.39 is 0 Å². The molecule has 0 aliphatic carbocycles. The lowest BCUT2D eigenvalue weighted by atomic mass is 10.1. The summed E-state index contributed by atoms with van der Waals surface area (Å²) < 4.78 is 18.8. The highest BCUT2D eigenvalue weighted by molar-refractivity contribution is 5.78. The monoisotopic (exact) mass is 342 g/mol. The highest BCUT2D eigenvalue weighted by Crippen LogP contribution is 2.22. The molecule has 132 valence electrons. The molecule has 1 heterocycles. The number of carbonyl (C=O) groups excluding carboxylic acids is 1. The Bertz CT molecular complexity index is 701. The molecule has 0 aromatic heterocycles. The van der Waals surface area contributed by atoms with Gasteiger partial charge in [0, 0.05) is 19.6 Å². The number of benzene rings is 2. The van der Waals surface area contributed by atoms with E-state index in [4.69, 9.17) is 4.74 Å². The molecule has 1 atom stereocenters. The second-order valence-electron chi connectivity index (χ2n) is 6.41. The summed E-state index contributed by atoms with van der Waals surface area (Å²) in [7, 11) is 0. The fourth-order valence-corrected chi connectivity index (χ4v) is 2.89. The van der Waals surface area contributed by atoms with E-state index in [1.807, 2.05) is 31.2 Å². The number of amides is 1. The molecule has 1 amide bonds. The van der Waals surface area contributed by atoms with E-state index in [1.54, 1.807) is 12.1 Å². The van der Waals surface area contributed by atoms with Gasteiger partial charge < -0.3 is 10.1 Å². The first kappa shape index (κ1) is 17.6. The zero-order chi connectivity index (χ0) is 17.6. The van der Waals surface area contributed by atoms with Crippen LogP contribution in [-0.2, 0) is 16.1 Å². The quantitative estimate of drug-likeness (QED) is 0.908. The van der Waals surface area contributed by atoms with Crippen LogP contribution in [0.4, 0.5) is 4.39 Å². The highest BCUT2D eigenvalue weighted by Gasteiger charge is 2.23. The molecular weight excluding hydrogens is 319 g/mol. The maximum atomic E-state index is 13.0. The lowest BCUT2D eigenvalue weighted by Gasteiger charge is -2.32. The molecule has 1 aliphatic heterocycles. The topological polar surface area (TPSA) is 41.6 Å². The van der Waals surface area contributed by atoms with E-state index in [9.17, 15) is 9.18 Å². The van der Waals surface area contributed by atoms with Gasteiger partial charge in [-0.3, -0.25) is 9.69 Å². The number of hydrogen-bond acceptors (Lipinski definition) is 3. The number of nitrogens with zero attached hydrogens (tertiary/aromatic N) is 1. The van der Waals surface area contributed by atoms with Crippen LogP contribution in [0.1, 0.15) is 22.8 Å². The van der Waals surface area contributed by atoms with Gasteiger partial charge in [0.05, 0.1) is 19.3 Å². The first-order valence-corrected chi connectivity index (χ1v) is 8.52. The van der Waals surface area contributed by atoms with Crippen LogP contribution >= 0.6 is 0 Å². The summed E-state index contributed by atoms with van der Waals surface area (Å²) in [6, 6.07) is 14.5. The zero-order valence-electron chi connectivity index (χ0n) is 14.4. The summed E-state index contributed by atoms with van der Waals surface area (Å²) in [5.41, 5.74) is 3.23. The number of hydrogen-bond donors (Lipinski definition) is 1. The van der Waals surface area contributed by atoms with Gasteiger partial charge >= 0.3 is 0 Å². The van der Waals surface area contributed by atoms with Gasteiger partial charge in [-0.05, 0) is 30.2 Å². The molecule has 4 nitrogen and oxygen atoms in total. The van der Waals surface area contributed by atoms with Gasteiger partial charge in [-0.15, -0.1) is 0 Å². The largest absolute Gasteiger partial charge is 0.371 e. The molecule has 1 saturated heterocycles. The third-order valence-electron chi connectivity index (χ3n) is 4.37. The first-order chi connectivity index (χ1) is 12.1. The Balaban J connectivity index is 1.49. The fraction of sp³-hybridized carbons (Fsp3) is 0.350. The van der Waals surface area contributed by atoms with Crippen molar-refractivity contribution in [1.82, 2.24) is 10.2 Å². The van der Waals surface area contributed by atoms with Crippen LogP contribution in [0.5, 0.6) is 0 Å². The van der Waals surface area contributed by atoms with Crippen molar-refractivity contribution < 1.29 is 13.9 Å². The number of carbonyl (C=O) groups is 1. The van der Waals surface area contributed by atoms with Crippen LogP contribution in [0.25, 0.3) is 0 Å². The van der Waals surface area contributed by atoms with E-state index in [0.29, 0.717) is 26.2 Å². The molecule has 1 fully saturated rings. The summed E-state index contributed by atoms with van der Waals surface area (Å²) >= 11 is 0. The maximum absolute atomic E-state index is 13.0. The van der Waals surface area contributed by atoms with E-state index in [1.165, 1.54) is 17.7 Å². The molecule has 0 radical (unpaired) electrons. The van der Waals surface area contributed by atoms with Crippen LogP contribution < -0.4 is 5.32 Å². The van der Waals surface area contributed by atoms with Crippen molar-refractivity contribution in [3.05, 3.63) is 71.0 Å². The van der Waals surface area contributed by atoms with Crippen molar-refractivity contribution in [2.75, 3.05) is 26.2 Å². The minimum Gasteiger partial charge on any atom is -0.371 e. The smallest absolute Gasteiger partial charge is 0.234 e. The standard InChI is InChI=1S/C20H23FN2O2/c1-15-2-4-16(5-3-15)12-22-20(24)14-23-10-11-25-19(13-23)17-6-8-18(21)9-7-17/h2-9,19H,10-14H2,1H3,(H,22,24). The number of nitrogens with one attached hydrogen (secondary N) is 1. The highest BCUT2D eigenvalue weighted by atomic mass is 19.1. The molecule has 3 rings (SSSR count). The second-order valence-corrected chi connectivity index (χ2v) is 6.41. The van der Waals surface area contributed by atoms with Gasteiger partial charge in [0.1, 0.15) is 5.82 Å². The number of morpholine rings is 1. The lowest BCUT2D eigenvalue weighted by Crippen LogP contribution is -2.44. The predicted molar refractivity (Wildman–Crippen MR) is 94.6 cm³/mol. The Labute approximate surface area is 147 Å². The zero-order valence-corrected chi connectivity index (χ0v) is 14.4. The van der Waals surface area contributed by atoms with Crippen molar-refractivity contribution in [2.45, 2.75) is 19.6 Å². The normalized spacial score (nSPS) is 18.1. The van der Waals surface area contributed by atoms with Crippen LogP contribution in [0.2, 0.25) is 0 Å². The summed E-state index contributed by atoms with van der Waals surface area (Å²) in [5.74, 6) is -0.257. The van der Waals surface area contributed by atoms with Crippen LogP contribution in [0, 0.1) is 12.7 Å². The molecule has 0 spiro atoms. The maximum Gasteiger partial charge on any atom is 0.234 e. The van der Waals surface area contributed by atoms with Crippen molar-refractivity contribution in [1.29, 1.82) is 0 Å². The molecule has 25 heavy (non-hydrogen) atoms. The molecule has 1 aliphatic rings. The van der Waals surface area contributed by atoms with Crippen LogP contribution in [0.15, 0.2) is 48.5 Å². The van der Waals surface area contributed by atoms with E-state index in [0.717, 1.165) is 17.7 Å². The van der Waals surface area contributed by atoms with Crippen molar-refractivity contribution >= 4 is 5.91 Å². The Morgan fingerprint density at radius 3 is 2.64 bits per heavy atom. The predicted octanol–water partition coefficient (Wildman–Crippen LogP) is 2.82. The molecule has 1 N–H and O–H groups in total. The first-order valence-electron chi connectivity index (χ1n) is 8.52. The third-order valence-corrected chi connectivity index (χ3v) is 4.37. The van der Waals surface area contributed by atoms with Crippen molar-refractivity contribution in [3.63, 3.8) is 0 Å². The summed E-state index contributed by atoms with van der Waals surface area (Å²) in [6.07, 6.45) is -0.126. The van der Waals surface area contributed by atoms with Gasteiger partial charge in [0.25, 0.3) is 0 Å². The van der Waals surface area contributed by atoms with E-state index >= 15 is 0 Å². The molecular formula is C20H23FN2O2. The Morgan fingerprint density at radius 2 is 1.92 bits per heavy atom. The summed E-state index contributed by atoms with van der Waals surface area (Å²) in [5, 5.41) is 2.96. The third kappa shape index (κ3) is 5.11. The molecule has 0 saturated carbocycles. The molecule has 2 aromatic carbocycles. The van der Waals surface area contributed by atoms with E-state index in [-0.39, 0.29) is 17.8 Å². The molecule has 5 heteroatoms. The van der Waals surface area contributed by atoms with Crippen molar-refractivity contribution in [2.24, 2.45) is 0 Å². The minimum atomic E-state index is -0.258. The fourth-order valence-electron chi connectivity index (χ4n) is 2.89. The number of halogens is 1. The van der Waals surface area contributed by atoms with Crippen LogP contribution in [-0.4, -0.2) is 37.0 Å². The van der Waals surface area contributed by atoms with E-state index in [2.05, 4.69) is 10.2 Å². The Morgan fingerprint density at radius 1 is 1.20 bits per heavy atom. The van der Waals surface area contributed by atoms with Crippen molar-refractivity contribution in [3.8, 4) is 0 Å². The summed E-state index contributed by atoms with van der Waals surface area (Å²) in [6.45, 7) is 4.82. The molecule has 1 unspecified atom stereocenters. The average molecular weight is 342 g/mol. The number of aryl methyl sites for hydroxylation is 1. The summed E-state index contributed by atoms with van der Waals surface area (Å²) in [4.78, 5) is 14.3. The van der Waals surface area contributed by atoms with Gasteiger partial charge in [-0.2, -0.15) is 0 Å². The molecule has 0 bridgehead atoms. The Kier molecular flexibility index (Phi) is 5.79. The Hall–Kier alpha value is -2.24. The lowest BCUT2D eigenvalue weighted by molar-refractivity contribution is -0.124. The van der Waals surface area contributed by atoms with Gasteiger partial charge in [-0.1, -0.05) is 42.0 Å². The second kappa shape index (κ2) is 8.23. The average Bonchev–Trinajstić information content (AvgIpc) is 2.62. The number of ether oxygens (including phenoxy) is 1. The van der Waals surface area contributed by atoms with Gasteiger partial charge in [0.15, 0.2) is 0 Å². The van der Waals surface area contributed by atoms with Gasteiger partial charge in [0.2, 0.25) is 5.91 Å². The van der Waals surface area contributed by atoms with Gasteiger partial charge in [-0.25, -0.2) is 4.39 Å². The number of rotatable bonds is 5. The SMILES string of the molecule is Cc1ccc(CNC(=O)CN2CCOC(c3ccc(F)cc3)C2)cc1. The molecule has 2 aromatic rings. The van der Waals surface area contributed by atoms with Crippen LogP contribution in [0.3, 0.4) is 0 Å².